The number of hydrogen-bond donors (Lipinski definition) is 3. The smallest absolute Gasteiger partial charge is 0.238 e. The van der Waals surface area contributed by atoms with E-state index in [2.05, 4.69) is 10.6 Å². The molecule has 1 fully saturated rings. The number of aliphatic hydroxyl groups excluding tert-OH is 1. The number of carbonyl (C=O) groups excluding carboxylic acids is 2. The van der Waals surface area contributed by atoms with Crippen molar-refractivity contribution in [2.24, 2.45) is 0 Å². The zero-order valence-electron chi connectivity index (χ0n) is 12.1. The van der Waals surface area contributed by atoms with Crippen molar-refractivity contribution in [1.82, 2.24) is 5.32 Å². The first-order chi connectivity index (χ1) is 10.3. The molecule has 0 aliphatic carbocycles. The lowest BCUT2D eigenvalue weighted by Gasteiger charge is -2.14. The molecular weight excluding hydrogens is 308 g/mol. The van der Waals surface area contributed by atoms with Gasteiger partial charge in [0, 0.05) is 17.3 Å². The molecule has 22 heavy (non-hydrogen) atoms. The number of aliphatic hydroxyl groups is 1. The molecule has 1 aliphatic heterocycles. The van der Waals surface area contributed by atoms with E-state index in [1.165, 1.54) is 6.92 Å². The van der Waals surface area contributed by atoms with Crippen molar-refractivity contribution in [2.45, 2.75) is 19.1 Å². The third kappa shape index (κ3) is 4.36. The van der Waals surface area contributed by atoms with Gasteiger partial charge >= 0.3 is 0 Å². The molecule has 1 heterocycles. The number of anilines is 1. The Labute approximate surface area is 128 Å². The second-order valence-corrected chi connectivity index (χ2v) is 7.47. The van der Waals surface area contributed by atoms with Gasteiger partial charge in [0.2, 0.25) is 5.91 Å². The van der Waals surface area contributed by atoms with Crippen molar-refractivity contribution in [1.29, 1.82) is 0 Å². The van der Waals surface area contributed by atoms with Crippen LogP contribution in [0.2, 0.25) is 0 Å². The van der Waals surface area contributed by atoms with Crippen LogP contribution in [-0.2, 0) is 14.6 Å². The lowest BCUT2D eigenvalue weighted by molar-refractivity contribution is -0.115. The molecule has 1 aromatic rings. The number of hydrogen-bond acceptors (Lipinski definition) is 6. The summed E-state index contributed by atoms with van der Waals surface area (Å²) in [4.78, 5) is 22.9. The Kier molecular flexibility index (Phi) is 4.94. The predicted molar refractivity (Wildman–Crippen MR) is 81.5 cm³/mol. The zero-order valence-corrected chi connectivity index (χ0v) is 12.9. The first kappa shape index (κ1) is 16.6. The van der Waals surface area contributed by atoms with Gasteiger partial charge < -0.3 is 15.7 Å². The summed E-state index contributed by atoms with van der Waals surface area (Å²) >= 11 is 0. The average molecular weight is 326 g/mol. The number of rotatable bonds is 5. The maximum atomic E-state index is 11.8. The molecule has 0 aromatic heterocycles. The highest BCUT2D eigenvalue weighted by Crippen LogP contribution is 2.13. The van der Waals surface area contributed by atoms with Crippen LogP contribution in [-0.4, -0.2) is 55.4 Å². The highest BCUT2D eigenvalue weighted by atomic mass is 32.2. The van der Waals surface area contributed by atoms with E-state index >= 15 is 0 Å². The highest BCUT2D eigenvalue weighted by Gasteiger charge is 2.36. The lowest BCUT2D eigenvalue weighted by atomic mass is 10.1. The monoisotopic (exact) mass is 326 g/mol. The average Bonchev–Trinajstić information content (AvgIpc) is 2.69. The van der Waals surface area contributed by atoms with E-state index in [4.69, 9.17) is 0 Å². The molecule has 2 atom stereocenters. The largest absolute Gasteiger partial charge is 0.390 e. The van der Waals surface area contributed by atoms with Crippen molar-refractivity contribution in [3.63, 3.8) is 0 Å². The van der Waals surface area contributed by atoms with Gasteiger partial charge in [-0.3, -0.25) is 9.59 Å². The van der Waals surface area contributed by atoms with E-state index in [1.807, 2.05) is 0 Å². The molecule has 7 nitrogen and oxygen atoms in total. The molecule has 1 amide bonds. The number of ketones is 1. The second kappa shape index (κ2) is 6.55. The number of benzene rings is 1. The van der Waals surface area contributed by atoms with E-state index in [-0.39, 0.29) is 29.7 Å². The van der Waals surface area contributed by atoms with Crippen molar-refractivity contribution < 1.29 is 23.1 Å². The topological polar surface area (TPSA) is 113 Å². The van der Waals surface area contributed by atoms with Crippen LogP contribution in [0.1, 0.15) is 17.3 Å². The first-order valence-electron chi connectivity index (χ1n) is 6.79. The minimum Gasteiger partial charge on any atom is -0.390 e. The van der Waals surface area contributed by atoms with Crippen LogP contribution in [0.5, 0.6) is 0 Å². The third-order valence-electron chi connectivity index (χ3n) is 3.42. The van der Waals surface area contributed by atoms with Crippen molar-refractivity contribution >= 4 is 27.2 Å². The Bertz CT molecular complexity index is 669. The quantitative estimate of drug-likeness (QED) is 0.633. The molecule has 120 valence electrons. The van der Waals surface area contributed by atoms with Crippen molar-refractivity contribution in [3.05, 3.63) is 29.8 Å². The van der Waals surface area contributed by atoms with E-state index in [0.29, 0.717) is 11.3 Å². The Hall–Kier alpha value is -1.77. The summed E-state index contributed by atoms with van der Waals surface area (Å²) in [6.07, 6.45) is -0.993. The Balaban J connectivity index is 1.84. The minimum atomic E-state index is -3.24. The summed E-state index contributed by atoms with van der Waals surface area (Å²) in [5.74, 6) is -0.865. The van der Waals surface area contributed by atoms with Gasteiger partial charge in [0.1, 0.15) is 0 Å². The number of amides is 1. The molecule has 0 spiro atoms. The molecule has 3 N–H and O–H groups in total. The molecule has 2 rings (SSSR count). The molecule has 8 heteroatoms. The maximum absolute atomic E-state index is 11.8. The molecular formula is C14H18N2O5S. The SMILES string of the molecule is CC(=O)c1ccc(NC(=O)CNC2CS(=O)(=O)CC2O)cc1. The molecule has 1 aliphatic rings. The molecule has 0 bridgehead atoms. The van der Waals surface area contributed by atoms with Gasteiger partial charge in [-0.1, -0.05) is 0 Å². The van der Waals surface area contributed by atoms with Crippen LogP contribution in [0.4, 0.5) is 5.69 Å². The highest BCUT2D eigenvalue weighted by molar-refractivity contribution is 7.91. The van der Waals surface area contributed by atoms with Crippen molar-refractivity contribution in [3.8, 4) is 0 Å². The Morgan fingerprint density at radius 2 is 1.86 bits per heavy atom. The standard InChI is InChI=1S/C14H18N2O5S/c1-9(17)10-2-4-11(5-3-10)16-14(19)6-15-12-7-22(20,21)8-13(12)18/h2-5,12-13,15,18H,6-8H2,1H3,(H,16,19). The first-order valence-corrected chi connectivity index (χ1v) is 8.62. The zero-order chi connectivity index (χ0) is 16.3. The number of nitrogens with one attached hydrogen (secondary N) is 2. The molecule has 1 aromatic carbocycles. The number of sulfone groups is 1. The molecule has 0 saturated carbocycles. The van der Waals surface area contributed by atoms with Gasteiger partial charge in [-0.05, 0) is 31.2 Å². The van der Waals surface area contributed by atoms with Crippen molar-refractivity contribution in [2.75, 3.05) is 23.4 Å². The van der Waals surface area contributed by atoms with Gasteiger partial charge in [-0.15, -0.1) is 0 Å². The summed E-state index contributed by atoms with van der Waals surface area (Å²) in [7, 11) is -3.24. The Morgan fingerprint density at radius 1 is 1.23 bits per heavy atom. The van der Waals surface area contributed by atoms with E-state index in [9.17, 15) is 23.1 Å². The van der Waals surface area contributed by atoms with Gasteiger partial charge in [-0.25, -0.2) is 8.42 Å². The van der Waals surface area contributed by atoms with E-state index in [1.54, 1.807) is 24.3 Å². The fourth-order valence-electron chi connectivity index (χ4n) is 2.24. The van der Waals surface area contributed by atoms with Crippen LogP contribution < -0.4 is 10.6 Å². The van der Waals surface area contributed by atoms with Crippen LogP contribution in [0.3, 0.4) is 0 Å². The summed E-state index contributed by atoms with van der Waals surface area (Å²) in [6.45, 7) is 1.35. The van der Waals surface area contributed by atoms with Crippen LogP contribution in [0.15, 0.2) is 24.3 Å². The van der Waals surface area contributed by atoms with Gasteiger partial charge in [0.05, 0.1) is 24.2 Å². The maximum Gasteiger partial charge on any atom is 0.238 e. The molecule has 2 unspecified atom stereocenters. The second-order valence-electron chi connectivity index (χ2n) is 5.31. The number of Topliss-reactive ketones (excluding diaryl/α,β-unsaturated/α-hetero) is 1. The third-order valence-corrected chi connectivity index (χ3v) is 5.14. The van der Waals surface area contributed by atoms with Gasteiger partial charge in [0.15, 0.2) is 15.6 Å². The van der Waals surface area contributed by atoms with Crippen LogP contribution in [0.25, 0.3) is 0 Å². The Morgan fingerprint density at radius 3 is 2.36 bits per heavy atom. The molecule has 1 saturated heterocycles. The lowest BCUT2D eigenvalue weighted by Crippen LogP contribution is -2.42. The van der Waals surface area contributed by atoms with E-state index in [0.717, 1.165) is 0 Å². The van der Waals surface area contributed by atoms with Crippen LogP contribution >= 0.6 is 0 Å². The fourth-order valence-corrected chi connectivity index (χ4v) is 4.02. The predicted octanol–water partition coefficient (Wildman–Crippen LogP) is -0.425. The summed E-state index contributed by atoms with van der Waals surface area (Å²) in [5, 5.41) is 15.0. The molecule has 0 radical (unpaired) electrons. The normalized spacial score (nSPS) is 23.2. The summed E-state index contributed by atoms with van der Waals surface area (Å²) in [6, 6.07) is 5.82. The minimum absolute atomic E-state index is 0.0593. The number of carbonyl (C=O) groups is 2. The fraction of sp³-hybridized carbons (Fsp3) is 0.429. The van der Waals surface area contributed by atoms with E-state index < -0.39 is 22.0 Å². The van der Waals surface area contributed by atoms with Gasteiger partial charge in [-0.2, -0.15) is 0 Å². The van der Waals surface area contributed by atoms with Crippen LogP contribution in [0, 0.1) is 0 Å². The summed E-state index contributed by atoms with van der Waals surface area (Å²) < 4.78 is 22.7. The van der Waals surface area contributed by atoms with Gasteiger partial charge in [0.25, 0.3) is 0 Å². The summed E-state index contributed by atoms with van der Waals surface area (Å²) in [5.41, 5.74) is 1.09.